The lowest BCUT2D eigenvalue weighted by Crippen LogP contribution is -2.42. The summed E-state index contributed by atoms with van der Waals surface area (Å²) in [7, 11) is 1.69. The van der Waals surface area contributed by atoms with Gasteiger partial charge in [-0.2, -0.15) is 0 Å². The van der Waals surface area contributed by atoms with E-state index in [0.717, 1.165) is 44.2 Å². The highest BCUT2D eigenvalue weighted by Crippen LogP contribution is 2.22. The van der Waals surface area contributed by atoms with Gasteiger partial charge < -0.3 is 20.1 Å². The van der Waals surface area contributed by atoms with E-state index in [2.05, 4.69) is 10.6 Å². The molecule has 1 fully saturated rings. The lowest BCUT2D eigenvalue weighted by molar-refractivity contribution is 0.0753. The van der Waals surface area contributed by atoms with Crippen molar-refractivity contribution in [3.63, 3.8) is 0 Å². The summed E-state index contributed by atoms with van der Waals surface area (Å²) in [6.45, 7) is 3.52. The number of benzene rings is 1. The Morgan fingerprint density at radius 1 is 1.47 bits per heavy atom. The SMILES string of the molecule is COc1ccccc1NCCC1COCCN1. The predicted molar refractivity (Wildman–Crippen MR) is 68.7 cm³/mol. The molecule has 1 aromatic rings. The Balaban J connectivity index is 1.77. The summed E-state index contributed by atoms with van der Waals surface area (Å²) in [5, 5.41) is 6.83. The maximum atomic E-state index is 5.41. The fourth-order valence-corrected chi connectivity index (χ4v) is 1.98. The van der Waals surface area contributed by atoms with Gasteiger partial charge in [-0.3, -0.25) is 0 Å². The zero-order valence-electron chi connectivity index (χ0n) is 10.2. The fourth-order valence-electron chi connectivity index (χ4n) is 1.98. The first-order valence-electron chi connectivity index (χ1n) is 6.08. The molecule has 1 unspecified atom stereocenters. The largest absolute Gasteiger partial charge is 0.495 e. The monoisotopic (exact) mass is 236 g/mol. The average Bonchev–Trinajstić information content (AvgIpc) is 2.40. The van der Waals surface area contributed by atoms with E-state index in [1.54, 1.807) is 7.11 Å². The summed E-state index contributed by atoms with van der Waals surface area (Å²) in [5.74, 6) is 0.889. The maximum Gasteiger partial charge on any atom is 0.141 e. The van der Waals surface area contributed by atoms with E-state index in [1.807, 2.05) is 24.3 Å². The Labute approximate surface area is 102 Å². The molecule has 0 aliphatic carbocycles. The van der Waals surface area contributed by atoms with Gasteiger partial charge in [0, 0.05) is 19.1 Å². The quantitative estimate of drug-likeness (QED) is 0.813. The third-order valence-electron chi connectivity index (χ3n) is 2.91. The van der Waals surface area contributed by atoms with Crippen LogP contribution in [0.2, 0.25) is 0 Å². The normalized spacial score (nSPS) is 19.9. The second-order valence-electron chi connectivity index (χ2n) is 4.14. The van der Waals surface area contributed by atoms with Crippen molar-refractivity contribution in [3.8, 4) is 5.75 Å². The van der Waals surface area contributed by atoms with Gasteiger partial charge in [0.05, 0.1) is 26.0 Å². The summed E-state index contributed by atoms with van der Waals surface area (Å²) in [6.07, 6.45) is 1.05. The van der Waals surface area contributed by atoms with Crippen molar-refractivity contribution in [3.05, 3.63) is 24.3 Å². The van der Waals surface area contributed by atoms with E-state index in [9.17, 15) is 0 Å². The lowest BCUT2D eigenvalue weighted by atomic mass is 10.2. The van der Waals surface area contributed by atoms with Gasteiger partial charge in [0.2, 0.25) is 0 Å². The van der Waals surface area contributed by atoms with Gasteiger partial charge in [-0.05, 0) is 18.6 Å². The molecule has 0 bridgehead atoms. The van der Waals surface area contributed by atoms with Crippen LogP contribution in [0.15, 0.2) is 24.3 Å². The van der Waals surface area contributed by atoms with Crippen molar-refractivity contribution >= 4 is 5.69 Å². The van der Waals surface area contributed by atoms with Crippen LogP contribution in [0.4, 0.5) is 5.69 Å². The molecule has 94 valence electrons. The van der Waals surface area contributed by atoms with Crippen LogP contribution in [-0.2, 0) is 4.74 Å². The standard InChI is InChI=1S/C13H20N2O2/c1-16-13-5-3-2-4-12(13)15-7-6-11-10-17-9-8-14-11/h2-5,11,14-15H,6-10H2,1H3. The molecule has 1 aromatic carbocycles. The summed E-state index contributed by atoms with van der Waals surface area (Å²) >= 11 is 0. The Bertz CT molecular complexity index is 338. The molecule has 0 saturated carbocycles. The van der Waals surface area contributed by atoms with Crippen LogP contribution in [0.1, 0.15) is 6.42 Å². The minimum absolute atomic E-state index is 0.464. The van der Waals surface area contributed by atoms with Crippen molar-refractivity contribution in [1.82, 2.24) is 5.32 Å². The topological polar surface area (TPSA) is 42.5 Å². The number of anilines is 1. The Morgan fingerprint density at radius 3 is 3.12 bits per heavy atom. The predicted octanol–water partition coefficient (Wildman–Crippen LogP) is 1.49. The van der Waals surface area contributed by atoms with Crippen LogP contribution in [0.5, 0.6) is 5.75 Å². The third-order valence-corrected chi connectivity index (χ3v) is 2.91. The number of rotatable bonds is 5. The van der Waals surface area contributed by atoms with E-state index in [0.29, 0.717) is 6.04 Å². The zero-order chi connectivity index (χ0) is 11.9. The summed E-state index contributed by atoms with van der Waals surface area (Å²) in [6, 6.07) is 8.44. The van der Waals surface area contributed by atoms with Gasteiger partial charge >= 0.3 is 0 Å². The number of hydrogen-bond donors (Lipinski definition) is 2. The number of hydrogen-bond acceptors (Lipinski definition) is 4. The average molecular weight is 236 g/mol. The van der Waals surface area contributed by atoms with Crippen LogP contribution >= 0.6 is 0 Å². The van der Waals surface area contributed by atoms with Crippen molar-refractivity contribution in [2.24, 2.45) is 0 Å². The van der Waals surface area contributed by atoms with Crippen LogP contribution in [0.3, 0.4) is 0 Å². The lowest BCUT2D eigenvalue weighted by Gasteiger charge is -2.24. The van der Waals surface area contributed by atoms with Crippen LogP contribution < -0.4 is 15.4 Å². The molecule has 1 heterocycles. The van der Waals surface area contributed by atoms with E-state index < -0.39 is 0 Å². The molecule has 0 radical (unpaired) electrons. The zero-order valence-corrected chi connectivity index (χ0v) is 10.2. The highest BCUT2D eigenvalue weighted by molar-refractivity contribution is 5.55. The molecule has 0 spiro atoms. The maximum absolute atomic E-state index is 5.41. The Hall–Kier alpha value is -1.26. The summed E-state index contributed by atoms with van der Waals surface area (Å²) < 4.78 is 10.7. The summed E-state index contributed by atoms with van der Waals surface area (Å²) in [5.41, 5.74) is 1.05. The van der Waals surface area contributed by atoms with Crippen LogP contribution in [0.25, 0.3) is 0 Å². The van der Waals surface area contributed by atoms with Crippen LogP contribution in [0, 0.1) is 0 Å². The molecule has 0 amide bonds. The van der Waals surface area contributed by atoms with E-state index in [4.69, 9.17) is 9.47 Å². The van der Waals surface area contributed by atoms with Gasteiger partial charge in [0.25, 0.3) is 0 Å². The number of ether oxygens (including phenoxy) is 2. The van der Waals surface area contributed by atoms with Gasteiger partial charge in [0.15, 0.2) is 0 Å². The van der Waals surface area contributed by atoms with Gasteiger partial charge in [-0.15, -0.1) is 0 Å². The van der Waals surface area contributed by atoms with E-state index >= 15 is 0 Å². The molecule has 17 heavy (non-hydrogen) atoms. The molecule has 1 aliphatic heterocycles. The van der Waals surface area contributed by atoms with Crippen molar-refractivity contribution < 1.29 is 9.47 Å². The smallest absolute Gasteiger partial charge is 0.141 e. The van der Waals surface area contributed by atoms with Gasteiger partial charge in [-0.25, -0.2) is 0 Å². The van der Waals surface area contributed by atoms with E-state index in [-0.39, 0.29) is 0 Å². The number of para-hydroxylation sites is 2. The molecule has 4 heteroatoms. The van der Waals surface area contributed by atoms with Gasteiger partial charge in [0.1, 0.15) is 5.75 Å². The molecular formula is C13H20N2O2. The number of methoxy groups -OCH3 is 1. The molecule has 2 rings (SSSR count). The second kappa shape index (κ2) is 6.47. The Morgan fingerprint density at radius 2 is 2.35 bits per heavy atom. The van der Waals surface area contributed by atoms with Gasteiger partial charge in [-0.1, -0.05) is 12.1 Å². The molecule has 4 nitrogen and oxygen atoms in total. The van der Waals surface area contributed by atoms with Crippen LogP contribution in [-0.4, -0.2) is 39.5 Å². The Kier molecular flexibility index (Phi) is 4.64. The molecule has 0 aromatic heterocycles. The minimum atomic E-state index is 0.464. The van der Waals surface area contributed by atoms with Crippen molar-refractivity contribution in [1.29, 1.82) is 0 Å². The second-order valence-corrected chi connectivity index (χ2v) is 4.14. The van der Waals surface area contributed by atoms with Crippen molar-refractivity contribution in [2.75, 3.05) is 38.7 Å². The molecule has 2 N–H and O–H groups in total. The highest BCUT2D eigenvalue weighted by Gasteiger charge is 2.12. The van der Waals surface area contributed by atoms with E-state index in [1.165, 1.54) is 0 Å². The van der Waals surface area contributed by atoms with Crippen molar-refractivity contribution in [2.45, 2.75) is 12.5 Å². The molecule has 1 atom stereocenters. The first-order valence-corrected chi connectivity index (χ1v) is 6.08. The molecule has 1 saturated heterocycles. The highest BCUT2D eigenvalue weighted by atomic mass is 16.5. The fraction of sp³-hybridized carbons (Fsp3) is 0.538. The minimum Gasteiger partial charge on any atom is -0.495 e. The first kappa shape index (κ1) is 12.2. The first-order chi connectivity index (χ1) is 8.40. The summed E-state index contributed by atoms with van der Waals surface area (Å²) in [4.78, 5) is 0. The third kappa shape index (κ3) is 3.61. The molecule has 1 aliphatic rings. The number of nitrogens with one attached hydrogen (secondary N) is 2. The molecular weight excluding hydrogens is 216 g/mol. The number of morpholine rings is 1.